The second kappa shape index (κ2) is 10.2. The maximum Gasteiger partial charge on any atom is 0.286 e. The van der Waals surface area contributed by atoms with Crippen molar-refractivity contribution in [3.8, 4) is 11.5 Å². The van der Waals surface area contributed by atoms with Gasteiger partial charge < -0.3 is 18.8 Å². The minimum Gasteiger partial charge on any atom is -0.494 e. The van der Waals surface area contributed by atoms with Gasteiger partial charge in [-0.15, -0.1) is 0 Å². The van der Waals surface area contributed by atoms with E-state index >= 15 is 0 Å². The third-order valence-electron chi connectivity index (χ3n) is 4.03. The fraction of sp³-hybridized carbons (Fsp3) is 0.333. The molecule has 0 bridgehead atoms. The van der Waals surface area contributed by atoms with Crippen molar-refractivity contribution in [1.82, 2.24) is 4.57 Å². The Balaban J connectivity index is 1.76. The summed E-state index contributed by atoms with van der Waals surface area (Å²) in [5, 5.41) is 0. The molecule has 6 nitrogen and oxygen atoms in total. The number of hydrogen-bond donors (Lipinski definition) is 0. The lowest BCUT2D eigenvalue weighted by molar-refractivity contribution is -0.120. The van der Waals surface area contributed by atoms with Gasteiger partial charge in [0.1, 0.15) is 17.3 Å². The summed E-state index contributed by atoms with van der Waals surface area (Å²) in [4.78, 5) is 17.0. The molecular formula is C21H23FN2O4S. The number of carbonyl (C=O) groups is 1. The van der Waals surface area contributed by atoms with Gasteiger partial charge in [0.2, 0.25) is 0 Å². The van der Waals surface area contributed by atoms with Crippen molar-refractivity contribution >= 4 is 27.5 Å². The molecule has 0 aliphatic heterocycles. The number of fused-ring (bicyclic) bond motifs is 1. The Labute approximate surface area is 172 Å². The molecule has 0 radical (unpaired) electrons. The minimum absolute atomic E-state index is 0.192. The fourth-order valence-corrected chi connectivity index (χ4v) is 3.83. The monoisotopic (exact) mass is 418 g/mol. The average Bonchev–Trinajstić information content (AvgIpc) is 3.04. The van der Waals surface area contributed by atoms with Gasteiger partial charge in [0.25, 0.3) is 5.91 Å². The largest absolute Gasteiger partial charge is 0.494 e. The molecule has 0 aliphatic rings. The molecule has 3 rings (SSSR count). The zero-order valence-electron chi connectivity index (χ0n) is 16.4. The van der Waals surface area contributed by atoms with Gasteiger partial charge in [-0.25, -0.2) is 4.39 Å². The van der Waals surface area contributed by atoms with Crippen LogP contribution >= 0.6 is 11.3 Å². The van der Waals surface area contributed by atoms with Gasteiger partial charge in [-0.1, -0.05) is 11.3 Å². The lowest BCUT2D eigenvalue weighted by Gasteiger charge is -2.06. The van der Waals surface area contributed by atoms with Crippen molar-refractivity contribution < 1.29 is 23.4 Å². The molecule has 1 heterocycles. The van der Waals surface area contributed by atoms with E-state index in [2.05, 4.69) is 4.99 Å². The Morgan fingerprint density at radius 3 is 2.48 bits per heavy atom. The van der Waals surface area contributed by atoms with Crippen LogP contribution in [0.5, 0.6) is 11.5 Å². The molecule has 1 aromatic heterocycles. The Hall–Kier alpha value is -2.71. The van der Waals surface area contributed by atoms with E-state index in [1.54, 1.807) is 30.3 Å². The van der Waals surface area contributed by atoms with Crippen LogP contribution in [0.4, 0.5) is 4.39 Å². The number of amides is 1. The maximum atomic E-state index is 13.6. The first-order valence-corrected chi connectivity index (χ1v) is 10.2. The highest BCUT2D eigenvalue weighted by atomic mass is 32.1. The lowest BCUT2D eigenvalue weighted by atomic mass is 10.3. The quantitative estimate of drug-likeness (QED) is 0.496. The summed E-state index contributed by atoms with van der Waals surface area (Å²) in [5.74, 6) is 0.548. The number of ether oxygens (including phenoxy) is 3. The molecule has 0 atom stereocenters. The van der Waals surface area contributed by atoms with E-state index in [0.717, 1.165) is 16.0 Å². The number of thiazole rings is 1. The summed E-state index contributed by atoms with van der Waals surface area (Å²) in [6.07, 6.45) is 0. The first-order chi connectivity index (χ1) is 14.1. The maximum absolute atomic E-state index is 13.6. The molecule has 0 saturated carbocycles. The van der Waals surface area contributed by atoms with Crippen LogP contribution in [0.15, 0.2) is 47.5 Å². The normalized spacial score (nSPS) is 11.8. The molecule has 2 aromatic carbocycles. The fourth-order valence-electron chi connectivity index (χ4n) is 2.73. The van der Waals surface area contributed by atoms with E-state index in [-0.39, 0.29) is 12.4 Å². The van der Waals surface area contributed by atoms with E-state index in [0.29, 0.717) is 36.9 Å². The third kappa shape index (κ3) is 5.65. The van der Waals surface area contributed by atoms with Gasteiger partial charge >= 0.3 is 0 Å². The zero-order valence-corrected chi connectivity index (χ0v) is 17.2. The smallest absolute Gasteiger partial charge is 0.286 e. The Morgan fingerprint density at radius 1 is 1.07 bits per heavy atom. The summed E-state index contributed by atoms with van der Waals surface area (Å²) >= 11 is 1.26. The van der Waals surface area contributed by atoms with Crippen molar-refractivity contribution in [3.63, 3.8) is 0 Å². The van der Waals surface area contributed by atoms with Crippen molar-refractivity contribution in [2.75, 3.05) is 26.4 Å². The molecule has 3 aromatic rings. The third-order valence-corrected chi connectivity index (χ3v) is 5.07. The predicted molar refractivity (Wildman–Crippen MR) is 110 cm³/mol. The highest BCUT2D eigenvalue weighted by molar-refractivity contribution is 7.16. The lowest BCUT2D eigenvalue weighted by Crippen LogP contribution is -2.21. The molecular weight excluding hydrogens is 395 g/mol. The number of hydrogen-bond acceptors (Lipinski definition) is 5. The first-order valence-electron chi connectivity index (χ1n) is 9.40. The summed E-state index contributed by atoms with van der Waals surface area (Å²) in [5.41, 5.74) is 0.815. The van der Waals surface area contributed by atoms with E-state index in [9.17, 15) is 9.18 Å². The van der Waals surface area contributed by atoms with Gasteiger partial charge in [0, 0.05) is 13.2 Å². The van der Waals surface area contributed by atoms with E-state index < -0.39 is 5.91 Å². The summed E-state index contributed by atoms with van der Waals surface area (Å²) in [7, 11) is 0. The molecule has 0 saturated heterocycles. The number of halogens is 1. The molecule has 0 aliphatic carbocycles. The van der Waals surface area contributed by atoms with Crippen LogP contribution in [0.3, 0.4) is 0 Å². The van der Waals surface area contributed by atoms with E-state index in [4.69, 9.17) is 14.2 Å². The summed E-state index contributed by atoms with van der Waals surface area (Å²) < 4.78 is 32.5. The van der Waals surface area contributed by atoms with Gasteiger partial charge in [-0.05, 0) is 56.3 Å². The zero-order chi connectivity index (χ0) is 20.6. The van der Waals surface area contributed by atoms with Crippen molar-refractivity contribution in [1.29, 1.82) is 0 Å². The molecule has 154 valence electrons. The van der Waals surface area contributed by atoms with Crippen LogP contribution < -0.4 is 14.3 Å². The first kappa shape index (κ1) is 21.0. The van der Waals surface area contributed by atoms with Crippen molar-refractivity contribution in [2.24, 2.45) is 4.99 Å². The average molecular weight is 418 g/mol. The summed E-state index contributed by atoms with van der Waals surface area (Å²) in [6.45, 7) is 5.81. The number of aromatic nitrogens is 1. The Morgan fingerprint density at radius 2 is 1.79 bits per heavy atom. The van der Waals surface area contributed by atoms with Crippen molar-refractivity contribution in [3.05, 3.63) is 53.1 Å². The SMILES string of the molecule is CCOCCn1c(=NC(=O)COc2ccc(OCC)cc2)sc2cc(F)ccc21. The van der Waals surface area contributed by atoms with E-state index in [1.165, 1.54) is 23.5 Å². The Kier molecular flexibility index (Phi) is 7.37. The summed E-state index contributed by atoms with van der Waals surface area (Å²) in [6, 6.07) is 11.6. The van der Waals surface area contributed by atoms with Crippen molar-refractivity contribution in [2.45, 2.75) is 20.4 Å². The molecule has 0 spiro atoms. The van der Waals surface area contributed by atoms with E-state index in [1.807, 2.05) is 18.4 Å². The van der Waals surface area contributed by atoms with Gasteiger partial charge in [0.15, 0.2) is 11.4 Å². The number of benzene rings is 2. The Bertz CT molecular complexity index is 1030. The van der Waals surface area contributed by atoms with Gasteiger partial charge in [-0.2, -0.15) is 4.99 Å². The molecule has 0 unspecified atom stereocenters. The molecule has 29 heavy (non-hydrogen) atoms. The standard InChI is InChI=1S/C21H23FN2O4S/c1-3-26-12-11-24-18-10-5-15(22)13-19(18)29-21(24)23-20(25)14-28-17-8-6-16(7-9-17)27-4-2/h5-10,13H,3-4,11-12,14H2,1-2H3. The number of rotatable bonds is 9. The highest BCUT2D eigenvalue weighted by Crippen LogP contribution is 2.19. The number of nitrogens with zero attached hydrogens (tertiary/aromatic N) is 2. The number of carbonyl (C=O) groups excluding carboxylic acids is 1. The van der Waals surface area contributed by atoms with Crippen LogP contribution in [-0.2, 0) is 16.1 Å². The topological polar surface area (TPSA) is 62.1 Å². The van der Waals surface area contributed by atoms with Crippen LogP contribution in [0.2, 0.25) is 0 Å². The second-order valence-corrected chi connectivity index (χ2v) is 7.05. The molecule has 0 fully saturated rings. The van der Waals surface area contributed by atoms with Crippen LogP contribution in [0.1, 0.15) is 13.8 Å². The minimum atomic E-state index is -0.420. The van der Waals surface area contributed by atoms with Crippen LogP contribution in [-0.4, -0.2) is 36.9 Å². The second-order valence-electron chi connectivity index (χ2n) is 6.04. The predicted octanol–water partition coefficient (Wildman–Crippen LogP) is 3.78. The molecule has 0 N–H and O–H groups in total. The molecule has 8 heteroatoms. The van der Waals surface area contributed by atoms with Crippen LogP contribution in [0, 0.1) is 5.82 Å². The molecule has 1 amide bonds. The van der Waals surface area contributed by atoms with Crippen LogP contribution in [0.25, 0.3) is 10.2 Å². The highest BCUT2D eigenvalue weighted by Gasteiger charge is 2.10. The van der Waals surface area contributed by atoms with Gasteiger partial charge in [-0.3, -0.25) is 4.79 Å². The van der Waals surface area contributed by atoms with Gasteiger partial charge in [0.05, 0.1) is 23.4 Å².